The van der Waals surface area contributed by atoms with Crippen molar-refractivity contribution in [2.24, 2.45) is 0 Å². The van der Waals surface area contributed by atoms with Crippen molar-refractivity contribution in [2.75, 3.05) is 4.31 Å². The van der Waals surface area contributed by atoms with Crippen LogP contribution in [-0.4, -0.2) is 5.91 Å². The zero-order valence-electron chi connectivity index (χ0n) is 9.17. The molecule has 1 aliphatic rings. The van der Waals surface area contributed by atoms with E-state index >= 15 is 0 Å². The van der Waals surface area contributed by atoms with E-state index in [1.807, 2.05) is 48.5 Å². The molecule has 0 bridgehead atoms. The number of benzene rings is 2. The highest BCUT2D eigenvalue weighted by molar-refractivity contribution is 8.01. The molecule has 1 aliphatic heterocycles. The lowest BCUT2D eigenvalue weighted by molar-refractivity contribution is -0.116. The zero-order valence-corrected chi connectivity index (χ0v) is 9.98. The Kier molecular flexibility index (Phi) is 2.61. The molecule has 3 heteroatoms. The molecule has 0 aliphatic carbocycles. The van der Waals surface area contributed by atoms with Crippen molar-refractivity contribution in [3.63, 3.8) is 0 Å². The van der Waals surface area contributed by atoms with Gasteiger partial charge in [-0.25, -0.2) is 4.31 Å². The van der Waals surface area contributed by atoms with E-state index < -0.39 is 0 Å². The van der Waals surface area contributed by atoms with Gasteiger partial charge < -0.3 is 0 Å². The van der Waals surface area contributed by atoms with Crippen molar-refractivity contribution < 1.29 is 4.79 Å². The highest BCUT2D eigenvalue weighted by Gasteiger charge is 2.24. The molecule has 2 aromatic rings. The van der Waals surface area contributed by atoms with Gasteiger partial charge in [-0.05, 0) is 35.7 Å². The topological polar surface area (TPSA) is 20.3 Å². The van der Waals surface area contributed by atoms with Crippen LogP contribution in [0.4, 0.5) is 5.69 Å². The standard InChI is InChI=1S/C14H11NOS/c16-14-10-11-6-4-5-9-13(11)17-15(14)12-7-2-1-3-8-12/h1-9H,10H2. The first kappa shape index (κ1) is 10.4. The van der Waals surface area contributed by atoms with E-state index in [0.717, 1.165) is 16.1 Å². The SMILES string of the molecule is O=C1Cc2ccccc2SN1c1ccccc1. The van der Waals surface area contributed by atoms with Crippen LogP contribution in [0.1, 0.15) is 5.56 Å². The van der Waals surface area contributed by atoms with E-state index in [4.69, 9.17) is 0 Å². The molecule has 1 heterocycles. The number of carbonyl (C=O) groups excluding carboxylic acids is 1. The Morgan fingerprint density at radius 2 is 1.65 bits per heavy atom. The van der Waals surface area contributed by atoms with E-state index in [-0.39, 0.29) is 5.91 Å². The molecular formula is C14H11NOS. The molecule has 3 rings (SSSR count). The molecule has 17 heavy (non-hydrogen) atoms. The number of rotatable bonds is 1. The van der Waals surface area contributed by atoms with Crippen LogP contribution in [0, 0.1) is 0 Å². The van der Waals surface area contributed by atoms with Crippen molar-refractivity contribution in [1.29, 1.82) is 0 Å². The lowest BCUT2D eigenvalue weighted by Crippen LogP contribution is -2.29. The van der Waals surface area contributed by atoms with Crippen molar-refractivity contribution in [3.05, 3.63) is 60.2 Å². The first-order valence-electron chi connectivity index (χ1n) is 5.48. The summed E-state index contributed by atoms with van der Waals surface area (Å²) < 4.78 is 1.77. The van der Waals surface area contributed by atoms with E-state index in [1.165, 1.54) is 11.9 Å². The summed E-state index contributed by atoms with van der Waals surface area (Å²) in [5, 5.41) is 0. The summed E-state index contributed by atoms with van der Waals surface area (Å²) in [6.45, 7) is 0. The molecule has 0 N–H and O–H groups in total. The summed E-state index contributed by atoms with van der Waals surface area (Å²) in [5.41, 5.74) is 2.06. The fourth-order valence-electron chi connectivity index (χ4n) is 1.88. The predicted molar refractivity (Wildman–Crippen MR) is 69.9 cm³/mol. The second-order valence-corrected chi connectivity index (χ2v) is 4.89. The molecular weight excluding hydrogens is 230 g/mol. The van der Waals surface area contributed by atoms with Crippen molar-refractivity contribution >= 4 is 23.5 Å². The van der Waals surface area contributed by atoms with Crippen LogP contribution in [0.2, 0.25) is 0 Å². The fourth-order valence-corrected chi connectivity index (χ4v) is 2.87. The average Bonchev–Trinajstić information content (AvgIpc) is 2.39. The van der Waals surface area contributed by atoms with Crippen molar-refractivity contribution in [2.45, 2.75) is 11.3 Å². The van der Waals surface area contributed by atoms with E-state index in [9.17, 15) is 4.79 Å². The summed E-state index contributed by atoms with van der Waals surface area (Å²) in [6.07, 6.45) is 0.484. The van der Waals surface area contributed by atoms with Crippen molar-refractivity contribution in [1.82, 2.24) is 0 Å². The van der Waals surface area contributed by atoms with Gasteiger partial charge in [0.1, 0.15) is 0 Å². The third-order valence-electron chi connectivity index (χ3n) is 2.72. The quantitative estimate of drug-likeness (QED) is 0.714. The van der Waals surface area contributed by atoms with Gasteiger partial charge in [-0.3, -0.25) is 4.79 Å². The minimum absolute atomic E-state index is 0.139. The third-order valence-corrected chi connectivity index (χ3v) is 3.91. The first-order chi connectivity index (χ1) is 8.34. The summed E-state index contributed by atoms with van der Waals surface area (Å²) >= 11 is 1.50. The van der Waals surface area contributed by atoms with Gasteiger partial charge in [0.2, 0.25) is 5.91 Å². The molecule has 2 aromatic carbocycles. The highest BCUT2D eigenvalue weighted by Crippen LogP contribution is 2.35. The number of fused-ring (bicyclic) bond motifs is 1. The molecule has 1 amide bonds. The van der Waals surface area contributed by atoms with Crippen LogP contribution >= 0.6 is 11.9 Å². The minimum atomic E-state index is 0.139. The van der Waals surface area contributed by atoms with Crippen LogP contribution in [0.25, 0.3) is 0 Å². The molecule has 0 saturated carbocycles. The minimum Gasteiger partial charge on any atom is -0.273 e. The monoisotopic (exact) mass is 241 g/mol. The molecule has 0 saturated heterocycles. The van der Waals surface area contributed by atoms with Crippen LogP contribution in [-0.2, 0) is 11.2 Å². The Bertz CT molecular complexity index is 553. The maximum absolute atomic E-state index is 12.1. The molecule has 0 spiro atoms. The molecule has 0 aromatic heterocycles. The number of carbonyl (C=O) groups is 1. The number of hydrogen-bond acceptors (Lipinski definition) is 2. The lowest BCUT2D eigenvalue weighted by atomic mass is 10.1. The normalized spacial score (nSPS) is 14.6. The number of nitrogens with zero attached hydrogens (tertiary/aromatic N) is 1. The highest BCUT2D eigenvalue weighted by atomic mass is 32.2. The Labute approximate surface area is 104 Å². The Balaban J connectivity index is 1.98. The van der Waals surface area contributed by atoms with Gasteiger partial charge in [-0.1, -0.05) is 36.4 Å². The maximum atomic E-state index is 12.1. The average molecular weight is 241 g/mol. The number of para-hydroxylation sites is 1. The fraction of sp³-hybridized carbons (Fsp3) is 0.0714. The van der Waals surface area contributed by atoms with E-state index in [1.54, 1.807) is 4.31 Å². The maximum Gasteiger partial charge on any atom is 0.241 e. The second-order valence-electron chi connectivity index (χ2n) is 3.90. The van der Waals surface area contributed by atoms with Gasteiger partial charge in [0, 0.05) is 4.90 Å². The molecule has 0 radical (unpaired) electrons. The van der Waals surface area contributed by atoms with E-state index in [2.05, 4.69) is 6.07 Å². The lowest BCUT2D eigenvalue weighted by Gasteiger charge is -2.27. The molecule has 0 unspecified atom stereocenters. The van der Waals surface area contributed by atoms with Gasteiger partial charge >= 0.3 is 0 Å². The van der Waals surface area contributed by atoms with Crippen molar-refractivity contribution in [3.8, 4) is 0 Å². The summed E-state index contributed by atoms with van der Waals surface area (Å²) in [6, 6.07) is 17.8. The van der Waals surface area contributed by atoms with Gasteiger partial charge in [0.15, 0.2) is 0 Å². The Morgan fingerprint density at radius 1 is 0.941 bits per heavy atom. The number of anilines is 1. The van der Waals surface area contributed by atoms with Gasteiger partial charge in [0.25, 0.3) is 0 Å². The zero-order chi connectivity index (χ0) is 11.7. The van der Waals surface area contributed by atoms with E-state index in [0.29, 0.717) is 6.42 Å². The van der Waals surface area contributed by atoms with Gasteiger partial charge in [0.05, 0.1) is 12.1 Å². The summed E-state index contributed by atoms with van der Waals surface area (Å²) in [7, 11) is 0. The molecule has 84 valence electrons. The Morgan fingerprint density at radius 3 is 2.47 bits per heavy atom. The van der Waals surface area contributed by atoms with Crippen LogP contribution in [0.5, 0.6) is 0 Å². The summed E-state index contributed by atoms with van der Waals surface area (Å²) in [4.78, 5) is 13.2. The number of amides is 1. The van der Waals surface area contributed by atoms with Crippen LogP contribution in [0.3, 0.4) is 0 Å². The Hall–Kier alpha value is -1.74. The molecule has 2 nitrogen and oxygen atoms in total. The molecule has 0 atom stereocenters. The predicted octanol–water partition coefficient (Wildman–Crippen LogP) is 3.28. The third kappa shape index (κ3) is 1.94. The van der Waals surface area contributed by atoms with Gasteiger partial charge in [-0.2, -0.15) is 0 Å². The first-order valence-corrected chi connectivity index (χ1v) is 6.26. The summed E-state index contributed by atoms with van der Waals surface area (Å²) in [5.74, 6) is 0.139. The molecule has 0 fully saturated rings. The van der Waals surface area contributed by atoms with Gasteiger partial charge in [-0.15, -0.1) is 0 Å². The largest absolute Gasteiger partial charge is 0.273 e. The smallest absolute Gasteiger partial charge is 0.241 e. The second kappa shape index (κ2) is 4.26. The number of hydrogen-bond donors (Lipinski definition) is 0. The van der Waals surface area contributed by atoms with Crippen LogP contribution in [0.15, 0.2) is 59.5 Å². The van der Waals surface area contributed by atoms with Crippen LogP contribution < -0.4 is 4.31 Å².